The largest absolute Gasteiger partial charge is 0.246 e. The molecule has 0 amide bonds. The van der Waals surface area contributed by atoms with Crippen molar-refractivity contribution in [2.24, 2.45) is 5.92 Å². The third-order valence-corrected chi connectivity index (χ3v) is 2.97. The summed E-state index contributed by atoms with van der Waals surface area (Å²) in [5, 5.41) is 8.23. The van der Waals surface area contributed by atoms with Crippen LogP contribution in [0.25, 0.3) is 0 Å². The molecule has 2 unspecified atom stereocenters. The van der Waals surface area contributed by atoms with Gasteiger partial charge in [0.2, 0.25) is 0 Å². The van der Waals surface area contributed by atoms with E-state index >= 15 is 0 Å². The first-order valence-electron chi connectivity index (χ1n) is 4.76. The van der Waals surface area contributed by atoms with Crippen molar-refractivity contribution in [2.45, 2.75) is 38.6 Å². The first kappa shape index (κ1) is 9.00. The molecule has 1 fully saturated rings. The third kappa shape index (κ3) is 1.46. The summed E-state index contributed by atoms with van der Waals surface area (Å²) in [6.45, 7) is 4.37. The Kier molecular flexibility index (Phi) is 2.28. The van der Waals surface area contributed by atoms with Gasteiger partial charge in [0.15, 0.2) is 0 Å². The molecule has 2 atom stereocenters. The van der Waals surface area contributed by atoms with Crippen LogP contribution in [0.15, 0.2) is 0 Å². The Morgan fingerprint density at radius 1 is 1.62 bits per heavy atom. The number of nitrogens with zero attached hydrogens (tertiary/aromatic N) is 3. The van der Waals surface area contributed by atoms with Crippen molar-refractivity contribution in [1.29, 1.82) is 0 Å². The van der Waals surface area contributed by atoms with Crippen molar-refractivity contribution in [2.75, 3.05) is 0 Å². The van der Waals surface area contributed by atoms with Crippen LogP contribution in [-0.2, 0) is 12.3 Å². The van der Waals surface area contributed by atoms with E-state index in [4.69, 9.17) is 11.6 Å². The molecule has 1 saturated carbocycles. The molecule has 1 aliphatic carbocycles. The predicted octanol–water partition coefficient (Wildman–Crippen LogP) is 2.16. The number of alkyl halides is 1. The first-order valence-corrected chi connectivity index (χ1v) is 5.30. The zero-order chi connectivity index (χ0) is 9.42. The van der Waals surface area contributed by atoms with Gasteiger partial charge in [-0.1, -0.05) is 19.1 Å². The molecule has 72 valence electrons. The predicted molar refractivity (Wildman–Crippen MR) is 51.8 cm³/mol. The van der Waals surface area contributed by atoms with Crippen LogP contribution >= 0.6 is 11.6 Å². The number of aromatic nitrogens is 3. The molecule has 0 saturated heterocycles. The Bertz CT molecular complexity index is 308. The Hall–Kier alpha value is -0.570. The molecule has 13 heavy (non-hydrogen) atoms. The Morgan fingerprint density at radius 2 is 2.31 bits per heavy atom. The van der Waals surface area contributed by atoms with Crippen LogP contribution in [0.1, 0.15) is 37.7 Å². The minimum atomic E-state index is 0.476. The summed E-state index contributed by atoms with van der Waals surface area (Å²) in [6.07, 6.45) is 2.20. The van der Waals surface area contributed by atoms with Gasteiger partial charge in [-0.3, -0.25) is 0 Å². The highest BCUT2D eigenvalue weighted by Crippen LogP contribution is 2.43. The van der Waals surface area contributed by atoms with E-state index in [2.05, 4.69) is 28.8 Å². The SMILES string of the molecule is CCc1c(CCl)nnn1C1CC1C. The number of halogens is 1. The van der Waals surface area contributed by atoms with Crippen LogP contribution in [-0.4, -0.2) is 15.0 Å². The second kappa shape index (κ2) is 3.29. The van der Waals surface area contributed by atoms with Gasteiger partial charge >= 0.3 is 0 Å². The summed E-state index contributed by atoms with van der Waals surface area (Å²) in [4.78, 5) is 0. The molecule has 3 nitrogen and oxygen atoms in total. The van der Waals surface area contributed by atoms with Crippen molar-refractivity contribution >= 4 is 11.6 Å². The molecule has 0 aliphatic heterocycles. The summed E-state index contributed by atoms with van der Waals surface area (Å²) >= 11 is 5.77. The average molecular weight is 200 g/mol. The van der Waals surface area contributed by atoms with E-state index in [9.17, 15) is 0 Å². The van der Waals surface area contributed by atoms with Gasteiger partial charge in [0.25, 0.3) is 0 Å². The van der Waals surface area contributed by atoms with Crippen molar-refractivity contribution in [1.82, 2.24) is 15.0 Å². The Morgan fingerprint density at radius 3 is 2.77 bits per heavy atom. The van der Waals surface area contributed by atoms with Gasteiger partial charge < -0.3 is 0 Å². The van der Waals surface area contributed by atoms with Gasteiger partial charge in [0.05, 0.1) is 17.6 Å². The maximum Gasteiger partial charge on any atom is 0.101 e. The lowest BCUT2D eigenvalue weighted by atomic mass is 10.3. The minimum Gasteiger partial charge on any atom is -0.246 e. The lowest BCUT2D eigenvalue weighted by Gasteiger charge is -2.02. The molecular weight excluding hydrogens is 186 g/mol. The highest BCUT2D eigenvalue weighted by Gasteiger charge is 2.37. The van der Waals surface area contributed by atoms with E-state index in [0.29, 0.717) is 11.9 Å². The summed E-state index contributed by atoms with van der Waals surface area (Å²) in [6, 6.07) is 0.583. The average Bonchev–Trinajstić information content (AvgIpc) is 2.72. The molecule has 1 heterocycles. The van der Waals surface area contributed by atoms with Crippen molar-refractivity contribution in [3.05, 3.63) is 11.4 Å². The molecular formula is C9H14ClN3. The van der Waals surface area contributed by atoms with Gasteiger partial charge in [0.1, 0.15) is 5.69 Å². The number of rotatable bonds is 3. The van der Waals surface area contributed by atoms with E-state index in [1.807, 2.05) is 0 Å². The van der Waals surface area contributed by atoms with Gasteiger partial charge in [0, 0.05) is 0 Å². The fourth-order valence-electron chi connectivity index (χ4n) is 1.73. The zero-order valence-electron chi connectivity index (χ0n) is 8.00. The summed E-state index contributed by atoms with van der Waals surface area (Å²) in [5.41, 5.74) is 2.16. The topological polar surface area (TPSA) is 30.7 Å². The molecule has 1 aromatic rings. The van der Waals surface area contributed by atoms with Crippen LogP contribution < -0.4 is 0 Å². The van der Waals surface area contributed by atoms with Crippen LogP contribution in [0.4, 0.5) is 0 Å². The molecule has 0 N–H and O–H groups in total. The molecule has 1 aliphatic rings. The second-order valence-electron chi connectivity index (χ2n) is 3.69. The fraction of sp³-hybridized carbons (Fsp3) is 0.778. The number of hydrogen-bond donors (Lipinski definition) is 0. The van der Waals surface area contributed by atoms with E-state index in [0.717, 1.165) is 18.0 Å². The third-order valence-electron chi connectivity index (χ3n) is 2.71. The molecule has 0 radical (unpaired) electrons. The van der Waals surface area contributed by atoms with Gasteiger partial charge in [-0.05, 0) is 18.8 Å². The lowest BCUT2D eigenvalue weighted by Crippen LogP contribution is -2.03. The van der Waals surface area contributed by atoms with E-state index in [1.54, 1.807) is 0 Å². The summed E-state index contributed by atoms with van der Waals surface area (Å²) in [5.74, 6) is 1.24. The van der Waals surface area contributed by atoms with Gasteiger partial charge in [-0.25, -0.2) is 4.68 Å². The van der Waals surface area contributed by atoms with Crippen molar-refractivity contribution < 1.29 is 0 Å². The van der Waals surface area contributed by atoms with Crippen molar-refractivity contribution in [3.63, 3.8) is 0 Å². The van der Waals surface area contributed by atoms with Crippen LogP contribution in [0, 0.1) is 5.92 Å². The minimum absolute atomic E-state index is 0.476. The number of hydrogen-bond acceptors (Lipinski definition) is 2. The Balaban J connectivity index is 2.29. The molecule has 0 aromatic carbocycles. The highest BCUT2D eigenvalue weighted by atomic mass is 35.5. The normalized spacial score (nSPS) is 26.4. The molecule has 0 bridgehead atoms. The molecule has 0 spiro atoms. The van der Waals surface area contributed by atoms with E-state index in [1.165, 1.54) is 12.1 Å². The van der Waals surface area contributed by atoms with Crippen LogP contribution in [0.3, 0.4) is 0 Å². The first-order chi connectivity index (χ1) is 6.27. The maximum absolute atomic E-state index is 5.77. The van der Waals surface area contributed by atoms with Crippen LogP contribution in [0.2, 0.25) is 0 Å². The smallest absolute Gasteiger partial charge is 0.101 e. The maximum atomic E-state index is 5.77. The second-order valence-corrected chi connectivity index (χ2v) is 3.96. The lowest BCUT2D eigenvalue weighted by molar-refractivity contribution is 0.557. The summed E-state index contributed by atoms with van der Waals surface area (Å²) in [7, 11) is 0. The van der Waals surface area contributed by atoms with Gasteiger partial charge in [-0.2, -0.15) is 0 Å². The quantitative estimate of drug-likeness (QED) is 0.699. The molecule has 1 aromatic heterocycles. The molecule has 2 rings (SSSR count). The zero-order valence-corrected chi connectivity index (χ0v) is 8.75. The monoisotopic (exact) mass is 199 g/mol. The summed E-state index contributed by atoms with van der Waals surface area (Å²) < 4.78 is 2.06. The molecule has 4 heteroatoms. The van der Waals surface area contributed by atoms with Gasteiger partial charge in [-0.15, -0.1) is 16.7 Å². The Labute approximate surface area is 83.1 Å². The van der Waals surface area contributed by atoms with Crippen LogP contribution in [0.5, 0.6) is 0 Å². The van der Waals surface area contributed by atoms with E-state index in [-0.39, 0.29) is 0 Å². The highest BCUT2D eigenvalue weighted by molar-refractivity contribution is 6.16. The van der Waals surface area contributed by atoms with E-state index < -0.39 is 0 Å². The van der Waals surface area contributed by atoms with Crippen molar-refractivity contribution in [3.8, 4) is 0 Å². The fourth-order valence-corrected chi connectivity index (χ4v) is 1.93. The standard InChI is InChI=1S/C9H14ClN3/c1-3-8-7(5-10)11-12-13(8)9-4-6(9)2/h6,9H,3-5H2,1-2H3.